The largest absolute Gasteiger partial charge is 0.481 e. The van der Waals surface area contributed by atoms with E-state index in [2.05, 4.69) is 34.9 Å². The zero-order valence-electron chi connectivity index (χ0n) is 19.5. The first-order chi connectivity index (χ1) is 16.5. The predicted octanol–water partition coefficient (Wildman–Crippen LogP) is 4.31. The Kier molecular flexibility index (Phi) is 7.50. The number of ether oxygens (including phenoxy) is 1. The highest BCUT2D eigenvalue weighted by atomic mass is 16.5. The molecule has 1 fully saturated rings. The van der Waals surface area contributed by atoms with Crippen molar-refractivity contribution in [2.45, 2.75) is 51.0 Å². The Labute approximate surface area is 199 Å². The molecule has 0 bridgehead atoms. The molecule has 4 rings (SSSR count). The van der Waals surface area contributed by atoms with Crippen molar-refractivity contribution in [1.82, 2.24) is 10.6 Å². The first-order valence-corrected chi connectivity index (χ1v) is 12.1. The number of benzene rings is 2. The second-order valence-electron chi connectivity index (χ2n) is 9.22. The SMILES string of the molecule is CCC(CNC(=O)CC1CCCC1NC(=O)OCC1c2ccccc2-c2ccccc21)C(=O)O. The van der Waals surface area contributed by atoms with Crippen molar-refractivity contribution in [3.8, 4) is 11.1 Å². The van der Waals surface area contributed by atoms with E-state index in [0.717, 1.165) is 19.3 Å². The third-order valence-corrected chi connectivity index (χ3v) is 7.14. The molecule has 0 aromatic heterocycles. The molecule has 2 aromatic carbocycles. The molecule has 2 amide bonds. The molecule has 0 heterocycles. The number of amides is 2. The van der Waals surface area contributed by atoms with Crippen LogP contribution in [0, 0.1) is 11.8 Å². The van der Waals surface area contributed by atoms with E-state index in [1.807, 2.05) is 24.3 Å². The number of carbonyl (C=O) groups excluding carboxylic acids is 2. The third-order valence-electron chi connectivity index (χ3n) is 7.14. The molecule has 34 heavy (non-hydrogen) atoms. The molecule has 2 aliphatic carbocycles. The maximum Gasteiger partial charge on any atom is 0.407 e. The number of rotatable bonds is 9. The Morgan fingerprint density at radius 3 is 2.29 bits per heavy atom. The van der Waals surface area contributed by atoms with Gasteiger partial charge in [-0.1, -0.05) is 61.9 Å². The van der Waals surface area contributed by atoms with Gasteiger partial charge in [0.15, 0.2) is 0 Å². The smallest absolute Gasteiger partial charge is 0.407 e. The lowest BCUT2D eigenvalue weighted by atomic mass is 9.98. The lowest BCUT2D eigenvalue weighted by Crippen LogP contribution is -2.40. The summed E-state index contributed by atoms with van der Waals surface area (Å²) < 4.78 is 5.66. The Bertz CT molecular complexity index is 1010. The molecular weight excluding hydrogens is 432 g/mol. The van der Waals surface area contributed by atoms with E-state index in [4.69, 9.17) is 9.84 Å². The molecular formula is C27H32N2O5. The van der Waals surface area contributed by atoms with Crippen LogP contribution in [0.15, 0.2) is 48.5 Å². The second-order valence-corrected chi connectivity index (χ2v) is 9.22. The standard InChI is InChI=1S/C27H32N2O5/c1-2-17(26(31)32)15-28-25(30)14-18-8-7-13-24(18)29-27(33)34-16-23-21-11-5-3-9-19(21)20-10-4-6-12-22(20)23/h3-6,9-12,17-18,23-24H,2,7-8,13-16H2,1H3,(H,28,30)(H,29,33)(H,31,32). The topological polar surface area (TPSA) is 105 Å². The van der Waals surface area contributed by atoms with Crippen LogP contribution in [0.25, 0.3) is 11.1 Å². The maximum absolute atomic E-state index is 12.6. The molecule has 7 heteroatoms. The minimum absolute atomic E-state index is 0.00375. The summed E-state index contributed by atoms with van der Waals surface area (Å²) in [7, 11) is 0. The monoisotopic (exact) mass is 464 g/mol. The lowest BCUT2D eigenvalue weighted by molar-refractivity contribution is -0.141. The summed E-state index contributed by atoms with van der Waals surface area (Å²) in [4.78, 5) is 36.1. The molecule has 3 N–H and O–H groups in total. The lowest BCUT2D eigenvalue weighted by Gasteiger charge is -2.22. The van der Waals surface area contributed by atoms with Gasteiger partial charge in [-0.3, -0.25) is 9.59 Å². The van der Waals surface area contributed by atoms with Crippen molar-refractivity contribution < 1.29 is 24.2 Å². The van der Waals surface area contributed by atoms with Crippen molar-refractivity contribution in [2.24, 2.45) is 11.8 Å². The molecule has 0 spiro atoms. The van der Waals surface area contributed by atoms with Gasteiger partial charge in [-0.05, 0) is 47.4 Å². The second kappa shape index (κ2) is 10.7. The van der Waals surface area contributed by atoms with E-state index in [1.54, 1.807) is 6.92 Å². The summed E-state index contributed by atoms with van der Waals surface area (Å²) in [6.07, 6.45) is 2.84. The van der Waals surface area contributed by atoms with Crippen molar-refractivity contribution in [3.05, 3.63) is 59.7 Å². The van der Waals surface area contributed by atoms with Crippen LogP contribution in [0.1, 0.15) is 56.1 Å². The molecule has 2 aliphatic rings. The Morgan fingerprint density at radius 2 is 1.68 bits per heavy atom. The van der Waals surface area contributed by atoms with Crippen molar-refractivity contribution >= 4 is 18.0 Å². The van der Waals surface area contributed by atoms with Crippen LogP contribution >= 0.6 is 0 Å². The van der Waals surface area contributed by atoms with E-state index in [1.165, 1.54) is 22.3 Å². The molecule has 0 saturated heterocycles. The third kappa shape index (κ3) is 5.24. The Morgan fingerprint density at radius 1 is 1.03 bits per heavy atom. The molecule has 1 saturated carbocycles. The quantitative estimate of drug-likeness (QED) is 0.513. The van der Waals surface area contributed by atoms with Crippen molar-refractivity contribution in [3.63, 3.8) is 0 Å². The predicted molar refractivity (Wildman–Crippen MR) is 128 cm³/mol. The number of carboxylic acids is 1. The van der Waals surface area contributed by atoms with Crippen LogP contribution in [-0.4, -0.2) is 42.3 Å². The minimum Gasteiger partial charge on any atom is -0.481 e. The van der Waals surface area contributed by atoms with Crippen LogP contribution in [0.2, 0.25) is 0 Å². The zero-order valence-corrected chi connectivity index (χ0v) is 19.5. The van der Waals surface area contributed by atoms with Gasteiger partial charge in [0.1, 0.15) is 6.61 Å². The number of aliphatic carboxylic acids is 1. The average Bonchev–Trinajstić information content (AvgIpc) is 3.39. The highest BCUT2D eigenvalue weighted by Gasteiger charge is 2.32. The first-order valence-electron chi connectivity index (χ1n) is 12.1. The molecule has 180 valence electrons. The highest BCUT2D eigenvalue weighted by molar-refractivity contribution is 5.79. The number of hydrogen-bond donors (Lipinski definition) is 3. The summed E-state index contributed by atoms with van der Waals surface area (Å²) in [5.41, 5.74) is 4.70. The van der Waals surface area contributed by atoms with Crippen LogP contribution in [0.4, 0.5) is 4.79 Å². The molecule has 3 unspecified atom stereocenters. The van der Waals surface area contributed by atoms with Gasteiger partial charge in [-0.2, -0.15) is 0 Å². The van der Waals surface area contributed by atoms with Gasteiger partial charge >= 0.3 is 12.1 Å². The molecule has 0 radical (unpaired) electrons. The van der Waals surface area contributed by atoms with E-state index in [0.29, 0.717) is 6.42 Å². The maximum atomic E-state index is 12.6. The average molecular weight is 465 g/mol. The fourth-order valence-electron chi connectivity index (χ4n) is 5.22. The molecule has 7 nitrogen and oxygen atoms in total. The van der Waals surface area contributed by atoms with E-state index >= 15 is 0 Å². The first kappa shape index (κ1) is 23.8. The van der Waals surface area contributed by atoms with Crippen molar-refractivity contribution in [2.75, 3.05) is 13.2 Å². The van der Waals surface area contributed by atoms with Gasteiger partial charge in [-0.25, -0.2) is 4.79 Å². The van der Waals surface area contributed by atoms with Crippen LogP contribution < -0.4 is 10.6 Å². The van der Waals surface area contributed by atoms with E-state index in [-0.39, 0.29) is 43.4 Å². The van der Waals surface area contributed by atoms with Gasteiger partial charge in [0.25, 0.3) is 0 Å². The van der Waals surface area contributed by atoms with Gasteiger partial charge in [0.05, 0.1) is 5.92 Å². The van der Waals surface area contributed by atoms with Crippen LogP contribution in [0.5, 0.6) is 0 Å². The summed E-state index contributed by atoms with van der Waals surface area (Å²) in [5.74, 6) is -1.64. The highest BCUT2D eigenvalue weighted by Crippen LogP contribution is 2.44. The normalized spacial score (nSPS) is 19.7. The minimum atomic E-state index is -0.904. The molecule has 0 aliphatic heterocycles. The van der Waals surface area contributed by atoms with Gasteiger partial charge in [0, 0.05) is 24.9 Å². The summed E-state index contributed by atoms with van der Waals surface area (Å²) in [6, 6.07) is 16.3. The zero-order chi connectivity index (χ0) is 24.1. The Balaban J connectivity index is 1.29. The van der Waals surface area contributed by atoms with E-state index < -0.39 is 18.0 Å². The Hall–Kier alpha value is -3.35. The van der Waals surface area contributed by atoms with E-state index in [9.17, 15) is 14.4 Å². The number of hydrogen-bond acceptors (Lipinski definition) is 4. The summed E-state index contributed by atoms with van der Waals surface area (Å²) in [6.45, 7) is 2.17. The summed E-state index contributed by atoms with van der Waals surface area (Å²) >= 11 is 0. The van der Waals surface area contributed by atoms with Gasteiger partial charge in [-0.15, -0.1) is 0 Å². The van der Waals surface area contributed by atoms with Crippen molar-refractivity contribution in [1.29, 1.82) is 0 Å². The van der Waals surface area contributed by atoms with Crippen LogP contribution in [-0.2, 0) is 14.3 Å². The number of fused-ring (bicyclic) bond motifs is 3. The number of carboxylic acid groups (broad SMARTS) is 1. The van der Waals surface area contributed by atoms with Crippen LogP contribution in [0.3, 0.4) is 0 Å². The summed E-state index contributed by atoms with van der Waals surface area (Å²) in [5, 5.41) is 14.8. The fourth-order valence-corrected chi connectivity index (χ4v) is 5.22. The molecule has 2 aromatic rings. The number of carbonyl (C=O) groups is 3. The van der Waals surface area contributed by atoms with Gasteiger partial charge < -0.3 is 20.5 Å². The fraction of sp³-hybridized carbons (Fsp3) is 0.444. The van der Waals surface area contributed by atoms with Gasteiger partial charge in [0.2, 0.25) is 5.91 Å². The number of alkyl carbamates (subject to hydrolysis) is 1. The number of nitrogens with one attached hydrogen (secondary N) is 2. The molecule has 3 atom stereocenters.